The summed E-state index contributed by atoms with van der Waals surface area (Å²) in [5.41, 5.74) is 0. The molecule has 25 heavy (non-hydrogen) atoms. The Balaban J connectivity index is 3.14. The zero-order valence-electron chi connectivity index (χ0n) is 18.5. The molecular formula is C24H51N. The van der Waals surface area contributed by atoms with Crippen LogP contribution in [0.3, 0.4) is 0 Å². The second kappa shape index (κ2) is 20.3. The van der Waals surface area contributed by atoms with Crippen molar-refractivity contribution >= 4 is 0 Å². The van der Waals surface area contributed by atoms with Crippen molar-refractivity contribution in [3.8, 4) is 0 Å². The molecule has 0 aromatic heterocycles. The number of rotatable bonds is 20. The van der Waals surface area contributed by atoms with E-state index in [0.717, 1.165) is 5.92 Å². The summed E-state index contributed by atoms with van der Waals surface area (Å²) in [5, 5.41) is 0. The Morgan fingerprint density at radius 1 is 0.520 bits per heavy atom. The minimum Gasteiger partial charge on any atom is -0.309 e. The molecule has 152 valence electrons. The highest BCUT2D eigenvalue weighted by Gasteiger charge is 2.02. The van der Waals surface area contributed by atoms with E-state index < -0.39 is 0 Å². The van der Waals surface area contributed by atoms with E-state index in [2.05, 4.69) is 32.8 Å². The lowest BCUT2D eigenvalue weighted by molar-refractivity contribution is 0.387. The van der Waals surface area contributed by atoms with E-state index in [1.54, 1.807) is 0 Å². The summed E-state index contributed by atoms with van der Waals surface area (Å²) in [5.74, 6) is 0.961. The molecule has 0 bridgehead atoms. The first-order valence-electron chi connectivity index (χ1n) is 11.8. The monoisotopic (exact) mass is 353 g/mol. The number of hydrogen-bond acceptors (Lipinski definition) is 1. The first kappa shape index (κ1) is 25.0. The molecule has 0 saturated carbocycles. The Morgan fingerprint density at radius 3 is 1.28 bits per heavy atom. The Kier molecular flexibility index (Phi) is 20.2. The van der Waals surface area contributed by atoms with Gasteiger partial charge < -0.3 is 4.90 Å². The Bertz CT molecular complexity index is 236. The van der Waals surface area contributed by atoms with Crippen molar-refractivity contribution in [2.75, 3.05) is 20.6 Å². The third kappa shape index (κ3) is 21.9. The van der Waals surface area contributed by atoms with Gasteiger partial charge >= 0.3 is 0 Å². The summed E-state index contributed by atoms with van der Waals surface area (Å²) in [6, 6.07) is 0. The fourth-order valence-corrected chi connectivity index (χ4v) is 3.75. The van der Waals surface area contributed by atoms with Crippen LogP contribution >= 0.6 is 0 Å². The summed E-state index contributed by atoms with van der Waals surface area (Å²) in [7, 11) is 4.35. The molecule has 1 unspecified atom stereocenters. The van der Waals surface area contributed by atoms with Crippen molar-refractivity contribution < 1.29 is 0 Å². The van der Waals surface area contributed by atoms with E-state index in [1.165, 1.54) is 122 Å². The first-order valence-corrected chi connectivity index (χ1v) is 11.8. The maximum atomic E-state index is 2.48. The van der Waals surface area contributed by atoms with E-state index >= 15 is 0 Å². The van der Waals surface area contributed by atoms with Crippen LogP contribution in [0.15, 0.2) is 0 Å². The van der Waals surface area contributed by atoms with Gasteiger partial charge in [-0.1, -0.05) is 123 Å². The summed E-state index contributed by atoms with van der Waals surface area (Å²) < 4.78 is 0. The maximum absolute atomic E-state index is 2.48. The third-order valence-corrected chi connectivity index (χ3v) is 5.60. The fraction of sp³-hybridized carbons (Fsp3) is 1.00. The minimum atomic E-state index is 0.961. The molecule has 1 nitrogen and oxygen atoms in total. The molecule has 0 aromatic carbocycles. The molecule has 0 rings (SSSR count). The van der Waals surface area contributed by atoms with Gasteiger partial charge in [-0.3, -0.25) is 0 Å². The molecular weight excluding hydrogens is 302 g/mol. The van der Waals surface area contributed by atoms with Gasteiger partial charge in [-0.25, -0.2) is 0 Å². The molecule has 0 radical (unpaired) electrons. The lowest BCUT2D eigenvalue weighted by Crippen LogP contribution is -2.12. The maximum Gasteiger partial charge on any atom is -0.00248 e. The van der Waals surface area contributed by atoms with E-state index in [4.69, 9.17) is 0 Å². The van der Waals surface area contributed by atoms with Crippen molar-refractivity contribution in [1.82, 2.24) is 4.90 Å². The predicted molar refractivity (Wildman–Crippen MR) is 116 cm³/mol. The van der Waals surface area contributed by atoms with E-state index in [-0.39, 0.29) is 0 Å². The standard InChI is InChI=1S/C24H51N/c1-5-6-7-8-9-10-11-12-15-18-21-24(2)22-19-16-13-14-17-20-23-25(3)4/h24H,5-23H2,1-4H3. The Hall–Kier alpha value is -0.0400. The molecule has 0 saturated heterocycles. The van der Waals surface area contributed by atoms with Crippen LogP contribution in [-0.2, 0) is 0 Å². The predicted octanol–water partition coefficient (Wildman–Crippen LogP) is 8.23. The smallest absolute Gasteiger partial charge is 0.00248 e. The van der Waals surface area contributed by atoms with Crippen molar-refractivity contribution in [3.05, 3.63) is 0 Å². The van der Waals surface area contributed by atoms with Crippen molar-refractivity contribution in [3.63, 3.8) is 0 Å². The van der Waals surface area contributed by atoms with E-state index in [9.17, 15) is 0 Å². The molecule has 0 aliphatic heterocycles. The van der Waals surface area contributed by atoms with Crippen LogP contribution in [0.4, 0.5) is 0 Å². The molecule has 0 aromatic rings. The van der Waals surface area contributed by atoms with Crippen LogP contribution in [0.5, 0.6) is 0 Å². The largest absolute Gasteiger partial charge is 0.309 e. The summed E-state index contributed by atoms with van der Waals surface area (Å²) in [6.07, 6.45) is 26.2. The average Bonchev–Trinajstić information content (AvgIpc) is 2.58. The van der Waals surface area contributed by atoms with Crippen molar-refractivity contribution in [1.29, 1.82) is 0 Å². The van der Waals surface area contributed by atoms with Gasteiger partial charge in [-0.05, 0) is 33.0 Å². The molecule has 1 atom stereocenters. The lowest BCUT2D eigenvalue weighted by Gasteiger charge is -2.11. The summed E-state index contributed by atoms with van der Waals surface area (Å²) >= 11 is 0. The minimum absolute atomic E-state index is 0.961. The van der Waals surface area contributed by atoms with Gasteiger partial charge in [0.25, 0.3) is 0 Å². The average molecular weight is 354 g/mol. The van der Waals surface area contributed by atoms with E-state index in [0.29, 0.717) is 0 Å². The van der Waals surface area contributed by atoms with E-state index in [1.807, 2.05) is 0 Å². The van der Waals surface area contributed by atoms with Crippen LogP contribution in [0.1, 0.15) is 129 Å². The fourth-order valence-electron chi connectivity index (χ4n) is 3.75. The van der Waals surface area contributed by atoms with Gasteiger partial charge in [0.2, 0.25) is 0 Å². The van der Waals surface area contributed by atoms with Gasteiger partial charge in [-0.2, -0.15) is 0 Å². The van der Waals surface area contributed by atoms with Crippen LogP contribution in [0, 0.1) is 5.92 Å². The zero-order valence-corrected chi connectivity index (χ0v) is 18.5. The molecule has 0 N–H and O–H groups in total. The molecule has 0 spiro atoms. The van der Waals surface area contributed by atoms with Gasteiger partial charge in [0.1, 0.15) is 0 Å². The quantitative estimate of drug-likeness (QED) is 0.199. The van der Waals surface area contributed by atoms with Gasteiger partial charge in [-0.15, -0.1) is 0 Å². The van der Waals surface area contributed by atoms with Crippen molar-refractivity contribution in [2.24, 2.45) is 5.92 Å². The highest BCUT2D eigenvalue weighted by molar-refractivity contribution is 4.56. The summed E-state index contributed by atoms with van der Waals surface area (Å²) in [4.78, 5) is 2.30. The van der Waals surface area contributed by atoms with Gasteiger partial charge in [0.05, 0.1) is 0 Å². The molecule has 0 heterocycles. The molecule has 0 aliphatic rings. The number of unbranched alkanes of at least 4 members (excludes halogenated alkanes) is 14. The normalized spacial score (nSPS) is 12.8. The van der Waals surface area contributed by atoms with Crippen LogP contribution in [0.2, 0.25) is 0 Å². The molecule has 1 heteroatoms. The van der Waals surface area contributed by atoms with Crippen molar-refractivity contribution in [2.45, 2.75) is 129 Å². The first-order chi connectivity index (χ1) is 12.2. The topological polar surface area (TPSA) is 3.24 Å². The number of hydrogen-bond donors (Lipinski definition) is 0. The van der Waals surface area contributed by atoms with Crippen LogP contribution in [0.25, 0.3) is 0 Å². The van der Waals surface area contributed by atoms with Crippen LogP contribution < -0.4 is 0 Å². The molecule has 0 amide bonds. The summed E-state index contributed by atoms with van der Waals surface area (Å²) in [6.45, 7) is 6.04. The lowest BCUT2D eigenvalue weighted by atomic mass is 9.96. The Labute approximate surface area is 161 Å². The molecule has 0 fully saturated rings. The number of nitrogens with zero attached hydrogens (tertiary/aromatic N) is 1. The highest BCUT2D eigenvalue weighted by atomic mass is 15.0. The third-order valence-electron chi connectivity index (χ3n) is 5.60. The van der Waals surface area contributed by atoms with Gasteiger partial charge in [0, 0.05) is 0 Å². The van der Waals surface area contributed by atoms with Gasteiger partial charge in [0.15, 0.2) is 0 Å². The second-order valence-corrected chi connectivity index (χ2v) is 8.79. The Morgan fingerprint density at radius 2 is 0.880 bits per heavy atom. The second-order valence-electron chi connectivity index (χ2n) is 8.79. The zero-order chi connectivity index (χ0) is 18.6. The SMILES string of the molecule is CCCCCCCCCCCCC(C)CCCCCCCCN(C)C. The molecule has 0 aliphatic carbocycles. The highest BCUT2D eigenvalue weighted by Crippen LogP contribution is 2.18. The van der Waals surface area contributed by atoms with Crippen LogP contribution in [-0.4, -0.2) is 25.5 Å².